The molecule has 0 aromatic heterocycles. The second-order valence-corrected chi connectivity index (χ2v) is 5.70. The van der Waals surface area contributed by atoms with Gasteiger partial charge in [0.1, 0.15) is 17.0 Å². The van der Waals surface area contributed by atoms with Crippen molar-refractivity contribution in [1.29, 1.82) is 5.41 Å². The summed E-state index contributed by atoms with van der Waals surface area (Å²) in [6, 6.07) is 15.9. The molecule has 0 aliphatic carbocycles. The number of ketones is 1. The van der Waals surface area contributed by atoms with E-state index in [1.165, 1.54) is 6.92 Å². The van der Waals surface area contributed by atoms with Crippen molar-refractivity contribution in [2.75, 3.05) is 0 Å². The molecule has 0 fully saturated rings. The van der Waals surface area contributed by atoms with Crippen LogP contribution in [0.3, 0.4) is 0 Å². The van der Waals surface area contributed by atoms with Gasteiger partial charge in [-0.25, -0.2) is 0 Å². The molecule has 0 bridgehead atoms. The van der Waals surface area contributed by atoms with Crippen molar-refractivity contribution in [1.82, 2.24) is 5.32 Å². The molecule has 128 valence electrons. The summed E-state index contributed by atoms with van der Waals surface area (Å²) in [6.45, 7) is 3.41. The number of benzene rings is 2. The van der Waals surface area contributed by atoms with Gasteiger partial charge in [0.15, 0.2) is 0 Å². The van der Waals surface area contributed by atoms with E-state index in [0.29, 0.717) is 5.56 Å². The quantitative estimate of drug-likeness (QED) is 0.327. The highest BCUT2D eigenvalue weighted by Crippen LogP contribution is 2.11. The van der Waals surface area contributed by atoms with E-state index in [-0.39, 0.29) is 17.9 Å². The summed E-state index contributed by atoms with van der Waals surface area (Å²) in [6.07, 6.45) is 0. The Kier molecular flexibility index (Phi) is 5.84. The Bertz CT molecular complexity index is 818. The first-order valence-electron chi connectivity index (χ1n) is 7.82. The molecule has 0 saturated carbocycles. The van der Waals surface area contributed by atoms with E-state index in [1.54, 1.807) is 24.3 Å². The predicted octanol–water partition coefficient (Wildman–Crippen LogP) is 3.35. The second kappa shape index (κ2) is 8.06. The van der Waals surface area contributed by atoms with Crippen LogP contribution >= 0.6 is 0 Å². The van der Waals surface area contributed by atoms with Crippen LogP contribution in [0.25, 0.3) is 0 Å². The number of aliphatic hydroxyl groups excluding tert-OH is 1. The number of Topliss-reactive ketones (excluding diaryl/α,β-unsaturated/α-hetero) is 1. The summed E-state index contributed by atoms with van der Waals surface area (Å²) in [5.74, 6) is -1.64. The van der Waals surface area contributed by atoms with Crippen LogP contribution < -0.4 is 5.32 Å². The van der Waals surface area contributed by atoms with Crippen molar-refractivity contribution in [3.8, 4) is 0 Å². The average molecular weight is 336 g/mol. The van der Waals surface area contributed by atoms with Crippen LogP contribution in [0.2, 0.25) is 0 Å². The van der Waals surface area contributed by atoms with Gasteiger partial charge >= 0.3 is 0 Å². The molecule has 0 saturated heterocycles. The smallest absolute Gasteiger partial charge is 0.257 e. The lowest BCUT2D eigenvalue weighted by Gasteiger charge is -2.11. The summed E-state index contributed by atoms with van der Waals surface area (Å²) >= 11 is 0. The Morgan fingerprint density at radius 1 is 1.04 bits per heavy atom. The summed E-state index contributed by atoms with van der Waals surface area (Å²) < 4.78 is 0. The highest BCUT2D eigenvalue weighted by atomic mass is 16.3. The van der Waals surface area contributed by atoms with Gasteiger partial charge in [0.25, 0.3) is 5.91 Å². The first-order valence-corrected chi connectivity index (χ1v) is 7.82. The molecule has 0 heterocycles. The molecule has 25 heavy (non-hydrogen) atoms. The number of hydrogen-bond acceptors (Lipinski definition) is 4. The maximum absolute atomic E-state index is 12.4. The first-order chi connectivity index (χ1) is 11.9. The van der Waals surface area contributed by atoms with Crippen molar-refractivity contribution in [2.45, 2.75) is 20.4 Å². The van der Waals surface area contributed by atoms with Gasteiger partial charge in [-0.1, -0.05) is 60.2 Å². The third-order valence-electron chi connectivity index (χ3n) is 3.68. The average Bonchev–Trinajstić information content (AvgIpc) is 2.60. The second-order valence-electron chi connectivity index (χ2n) is 5.70. The standard InChI is InChI=1S/C20H20N2O3/c1-13-8-10-16(11-9-13)19(24)18(21)17(14(2)23)20(25)22-12-15-6-4-3-5-7-15/h3-11,21,23H,12H2,1-2H3,(H,22,25)/b17-14+,21-18?. The van der Waals surface area contributed by atoms with Crippen molar-refractivity contribution in [3.63, 3.8) is 0 Å². The minimum absolute atomic E-state index is 0.239. The molecule has 3 N–H and O–H groups in total. The van der Waals surface area contributed by atoms with E-state index in [4.69, 9.17) is 5.41 Å². The molecule has 0 aliphatic heterocycles. The fourth-order valence-electron chi connectivity index (χ4n) is 2.29. The lowest BCUT2D eigenvalue weighted by molar-refractivity contribution is -0.117. The number of aryl methyl sites for hydroxylation is 1. The SMILES string of the molecule is C/C(O)=C(/C(=N)C(=O)c1ccc(C)cc1)C(=O)NCc1ccccc1. The molecule has 0 radical (unpaired) electrons. The van der Waals surface area contributed by atoms with Crippen LogP contribution in [-0.4, -0.2) is 22.5 Å². The molecule has 2 aromatic carbocycles. The van der Waals surface area contributed by atoms with Crippen molar-refractivity contribution < 1.29 is 14.7 Å². The predicted molar refractivity (Wildman–Crippen MR) is 96.9 cm³/mol. The van der Waals surface area contributed by atoms with Crippen LogP contribution in [0.15, 0.2) is 65.9 Å². The summed E-state index contributed by atoms with van der Waals surface area (Å²) in [5, 5.41) is 20.5. The summed E-state index contributed by atoms with van der Waals surface area (Å²) in [5.41, 5.74) is 1.31. The largest absolute Gasteiger partial charge is 0.512 e. The monoisotopic (exact) mass is 336 g/mol. The normalized spacial score (nSPS) is 11.4. The molecule has 0 spiro atoms. The third kappa shape index (κ3) is 4.64. The number of carbonyl (C=O) groups excluding carboxylic acids is 2. The third-order valence-corrected chi connectivity index (χ3v) is 3.68. The molecule has 1 amide bonds. The maximum atomic E-state index is 12.4. The topological polar surface area (TPSA) is 90.2 Å². The molecule has 0 atom stereocenters. The van der Waals surface area contributed by atoms with Crippen LogP contribution in [0.1, 0.15) is 28.4 Å². The molecule has 5 heteroatoms. The number of amides is 1. The fourth-order valence-corrected chi connectivity index (χ4v) is 2.29. The number of hydrogen-bond donors (Lipinski definition) is 3. The molecular weight excluding hydrogens is 316 g/mol. The van der Waals surface area contributed by atoms with Gasteiger partial charge in [-0.2, -0.15) is 0 Å². The minimum Gasteiger partial charge on any atom is -0.512 e. The van der Waals surface area contributed by atoms with Gasteiger partial charge in [-0.3, -0.25) is 15.0 Å². The lowest BCUT2D eigenvalue weighted by Crippen LogP contribution is -2.32. The molecule has 2 rings (SSSR count). The number of nitrogens with one attached hydrogen (secondary N) is 2. The van der Waals surface area contributed by atoms with E-state index in [9.17, 15) is 14.7 Å². The zero-order valence-electron chi connectivity index (χ0n) is 14.2. The number of aliphatic hydroxyl groups is 1. The molecule has 0 unspecified atom stereocenters. The van der Waals surface area contributed by atoms with Crippen molar-refractivity contribution in [3.05, 3.63) is 82.6 Å². The lowest BCUT2D eigenvalue weighted by atomic mass is 9.98. The van der Waals surface area contributed by atoms with E-state index >= 15 is 0 Å². The first kappa shape index (κ1) is 18.1. The highest BCUT2D eigenvalue weighted by molar-refractivity contribution is 6.55. The van der Waals surface area contributed by atoms with Crippen LogP contribution in [0.4, 0.5) is 0 Å². The summed E-state index contributed by atoms with van der Waals surface area (Å²) in [7, 11) is 0. The summed E-state index contributed by atoms with van der Waals surface area (Å²) in [4.78, 5) is 24.8. The number of allylic oxidation sites excluding steroid dienone is 1. The zero-order chi connectivity index (χ0) is 18.4. The van der Waals surface area contributed by atoms with E-state index in [0.717, 1.165) is 11.1 Å². The Morgan fingerprint density at radius 2 is 1.64 bits per heavy atom. The van der Waals surface area contributed by atoms with E-state index < -0.39 is 17.4 Å². The fraction of sp³-hybridized carbons (Fsp3) is 0.150. The van der Waals surface area contributed by atoms with Gasteiger partial charge in [0, 0.05) is 12.1 Å². The van der Waals surface area contributed by atoms with Crippen LogP contribution in [0.5, 0.6) is 0 Å². The van der Waals surface area contributed by atoms with Gasteiger partial charge in [0.2, 0.25) is 5.78 Å². The Balaban J connectivity index is 2.15. The Labute approximate surface area is 146 Å². The van der Waals surface area contributed by atoms with Gasteiger partial charge in [-0.05, 0) is 19.4 Å². The molecule has 0 aliphatic rings. The van der Waals surface area contributed by atoms with Gasteiger partial charge in [0.05, 0.1) is 0 Å². The molecule has 5 nitrogen and oxygen atoms in total. The van der Waals surface area contributed by atoms with Crippen molar-refractivity contribution >= 4 is 17.4 Å². The molecule has 2 aromatic rings. The van der Waals surface area contributed by atoms with Crippen LogP contribution in [-0.2, 0) is 11.3 Å². The van der Waals surface area contributed by atoms with Crippen molar-refractivity contribution in [2.24, 2.45) is 0 Å². The minimum atomic E-state index is -0.658. The Morgan fingerprint density at radius 3 is 2.20 bits per heavy atom. The Hall–Kier alpha value is -3.21. The maximum Gasteiger partial charge on any atom is 0.257 e. The van der Waals surface area contributed by atoms with Gasteiger partial charge < -0.3 is 10.4 Å². The van der Waals surface area contributed by atoms with E-state index in [1.807, 2.05) is 37.3 Å². The van der Waals surface area contributed by atoms with Gasteiger partial charge in [-0.15, -0.1) is 0 Å². The number of rotatable bonds is 6. The number of carbonyl (C=O) groups is 2. The zero-order valence-corrected chi connectivity index (χ0v) is 14.2. The highest BCUT2D eigenvalue weighted by Gasteiger charge is 2.24. The van der Waals surface area contributed by atoms with Crippen LogP contribution in [0, 0.1) is 12.3 Å². The van der Waals surface area contributed by atoms with E-state index in [2.05, 4.69) is 5.32 Å². The molecular formula is C20H20N2O3.